The summed E-state index contributed by atoms with van der Waals surface area (Å²) in [6, 6.07) is 21.2. The molecule has 0 bridgehead atoms. The number of nitrogens with zero attached hydrogens (tertiary/aromatic N) is 2. The number of hydrogen-bond donors (Lipinski definition) is 0. The molecule has 1 aliphatic carbocycles. The van der Waals surface area contributed by atoms with E-state index < -0.39 is 5.67 Å². The second-order valence-electron chi connectivity index (χ2n) is 7.73. The summed E-state index contributed by atoms with van der Waals surface area (Å²) in [7, 11) is 0. The third kappa shape index (κ3) is 6.77. The molecule has 2 aromatic rings. The van der Waals surface area contributed by atoms with Gasteiger partial charge in [-0.1, -0.05) is 61.5 Å². The van der Waals surface area contributed by atoms with Crippen LogP contribution >= 0.6 is 0 Å². The molecule has 0 radical (unpaired) electrons. The van der Waals surface area contributed by atoms with E-state index in [9.17, 15) is 4.39 Å². The molecule has 0 aromatic heterocycles. The van der Waals surface area contributed by atoms with Crippen LogP contribution in [0.25, 0.3) is 0 Å². The van der Waals surface area contributed by atoms with Gasteiger partial charge in [-0.15, -0.1) is 0 Å². The summed E-state index contributed by atoms with van der Waals surface area (Å²) in [6.45, 7) is 8.14. The van der Waals surface area contributed by atoms with Crippen molar-refractivity contribution in [2.75, 3.05) is 6.54 Å². The Morgan fingerprint density at radius 1 is 1.07 bits per heavy atom. The van der Waals surface area contributed by atoms with Crippen LogP contribution in [-0.4, -0.2) is 17.5 Å². The Labute approximate surface area is 170 Å². The SMILES string of the molecule is CC#N.CCCN(Cc1ccccc1)C(C)CCc1ccc(C2(F)CC2)cc1. The van der Waals surface area contributed by atoms with Crippen LogP contribution in [0, 0.1) is 11.3 Å². The summed E-state index contributed by atoms with van der Waals surface area (Å²) in [5.74, 6) is 0. The molecule has 150 valence electrons. The third-order valence-electron chi connectivity index (χ3n) is 5.37. The van der Waals surface area contributed by atoms with Crippen molar-refractivity contribution < 1.29 is 4.39 Å². The molecule has 0 spiro atoms. The maximum absolute atomic E-state index is 14.1. The molecule has 1 fully saturated rings. The van der Waals surface area contributed by atoms with Gasteiger partial charge in [0.2, 0.25) is 0 Å². The summed E-state index contributed by atoms with van der Waals surface area (Å²) in [6.07, 6.45) is 4.73. The first kappa shape index (κ1) is 22.1. The van der Waals surface area contributed by atoms with Crippen molar-refractivity contribution in [3.8, 4) is 6.07 Å². The molecule has 0 amide bonds. The summed E-state index contributed by atoms with van der Waals surface area (Å²) in [5.41, 5.74) is 2.54. The van der Waals surface area contributed by atoms with Gasteiger partial charge in [0.25, 0.3) is 0 Å². The number of hydrogen-bond acceptors (Lipinski definition) is 2. The molecular formula is C25H33FN2. The van der Waals surface area contributed by atoms with Crippen molar-refractivity contribution in [2.24, 2.45) is 0 Å². The molecule has 0 N–H and O–H groups in total. The lowest BCUT2D eigenvalue weighted by Gasteiger charge is -2.29. The zero-order valence-electron chi connectivity index (χ0n) is 17.5. The molecule has 3 heteroatoms. The predicted molar refractivity (Wildman–Crippen MR) is 115 cm³/mol. The molecule has 28 heavy (non-hydrogen) atoms. The number of alkyl halides is 1. The van der Waals surface area contributed by atoms with Crippen molar-refractivity contribution in [1.29, 1.82) is 5.26 Å². The van der Waals surface area contributed by atoms with Crippen LogP contribution in [0.2, 0.25) is 0 Å². The standard InChI is InChI=1S/C23H30FN.C2H3N/c1-3-17-25(18-21-7-5-4-6-8-21)19(2)9-10-20-11-13-22(14-12-20)23(24)15-16-23;1-2-3/h4-8,11-14,19H,3,9-10,15-18H2,1-2H3;1H3. The minimum atomic E-state index is -1.01. The second-order valence-corrected chi connectivity index (χ2v) is 7.73. The molecule has 1 saturated carbocycles. The van der Waals surface area contributed by atoms with Gasteiger partial charge in [0.1, 0.15) is 5.67 Å². The first-order valence-electron chi connectivity index (χ1n) is 10.4. The van der Waals surface area contributed by atoms with E-state index in [0.29, 0.717) is 18.9 Å². The number of aryl methyl sites for hydroxylation is 1. The Bertz CT molecular complexity index is 729. The van der Waals surface area contributed by atoms with E-state index in [-0.39, 0.29) is 0 Å². The van der Waals surface area contributed by atoms with Gasteiger partial charge in [0, 0.05) is 19.5 Å². The van der Waals surface area contributed by atoms with Crippen LogP contribution in [0.5, 0.6) is 0 Å². The van der Waals surface area contributed by atoms with Gasteiger partial charge in [-0.25, -0.2) is 4.39 Å². The van der Waals surface area contributed by atoms with Gasteiger partial charge in [-0.2, -0.15) is 5.26 Å². The Hall–Kier alpha value is -2.18. The molecule has 2 nitrogen and oxygen atoms in total. The fourth-order valence-electron chi connectivity index (χ4n) is 3.49. The summed E-state index contributed by atoms with van der Waals surface area (Å²) >= 11 is 0. The molecule has 1 atom stereocenters. The molecular weight excluding hydrogens is 347 g/mol. The second kappa shape index (κ2) is 11.0. The van der Waals surface area contributed by atoms with Crippen molar-refractivity contribution in [2.45, 2.75) is 71.1 Å². The van der Waals surface area contributed by atoms with Crippen LogP contribution < -0.4 is 0 Å². The lowest BCUT2D eigenvalue weighted by molar-refractivity contribution is 0.191. The van der Waals surface area contributed by atoms with Gasteiger partial charge < -0.3 is 0 Å². The maximum atomic E-state index is 14.1. The van der Waals surface area contributed by atoms with E-state index in [0.717, 1.165) is 31.5 Å². The van der Waals surface area contributed by atoms with Crippen molar-refractivity contribution in [3.63, 3.8) is 0 Å². The summed E-state index contributed by atoms with van der Waals surface area (Å²) in [5, 5.41) is 7.32. The molecule has 0 heterocycles. The number of rotatable bonds is 9. The van der Waals surface area contributed by atoms with Crippen LogP contribution in [0.1, 0.15) is 63.1 Å². The van der Waals surface area contributed by atoms with Crippen LogP contribution in [-0.2, 0) is 18.6 Å². The number of nitriles is 1. The predicted octanol–water partition coefficient (Wildman–Crippen LogP) is 6.41. The number of benzene rings is 2. The van der Waals surface area contributed by atoms with Crippen LogP contribution in [0.3, 0.4) is 0 Å². The molecule has 1 unspecified atom stereocenters. The fourth-order valence-corrected chi connectivity index (χ4v) is 3.49. The zero-order valence-corrected chi connectivity index (χ0v) is 17.5. The fraction of sp³-hybridized carbons (Fsp3) is 0.480. The van der Waals surface area contributed by atoms with E-state index in [1.807, 2.05) is 12.1 Å². The highest BCUT2D eigenvalue weighted by molar-refractivity contribution is 5.31. The van der Waals surface area contributed by atoms with Gasteiger partial charge >= 0.3 is 0 Å². The lowest BCUT2D eigenvalue weighted by Crippen LogP contribution is -2.33. The highest BCUT2D eigenvalue weighted by Gasteiger charge is 2.44. The van der Waals surface area contributed by atoms with E-state index in [1.165, 1.54) is 24.5 Å². The van der Waals surface area contributed by atoms with Gasteiger partial charge in [0.15, 0.2) is 0 Å². The van der Waals surface area contributed by atoms with Gasteiger partial charge in [0.05, 0.1) is 6.07 Å². The van der Waals surface area contributed by atoms with Gasteiger partial charge in [-0.3, -0.25) is 4.90 Å². The normalized spacial score (nSPS) is 15.3. The monoisotopic (exact) mass is 380 g/mol. The molecule has 3 rings (SSSR count). The van der Waals surface area contributed by atoms with Crippen LogP contribution in [0.4, 0.5) is 4.39 Å². The topological polar surface area (TPSA) is 27.0 Å². The molecule has 0 aliphatic heterocycles. The molecule has 0 saturated heterocycles. The maximum Gasteiger partial charge on any atom is 0.136 e. The van der Waals surface area contributed by atoms with E-state index in [1.54, 1.807) is 6.07 Å². The van der Waals surface area contributed by atoms with Crippen LogP contribution in [0.15, 0.2) is 54.6 Å². The quantitative estimate of drug-likeness (QED) is 0.503. The van der Waals surface area contributed by atoms with Crippen molar-refractivity contribution in [3.05, 3.63) is 71.3 Å². The highest BCUT2D eigenvalue weighted by Crippen LogP contribution is 2.49. The smallest absolute Gasteiger partial charge is 0.136 e. The minimum absolute atomic E-state index is 0.538. The van der Waals surface area contributed by atoms with Gasteiger partial charge in [-0.05, 0) is 62.3 Å². The first-order chi connectivity index (χ1) is 13.5. The Balaban J connectivity index is 0.000000878. The molecule has 1 aliphatic rings. The average Bonchev–Trinajstić information content (AvgIpc) is 3.46. The van der Waals surface area contributed by atoms with E-state index >= 15 is 0 Å². The Morgan fingerprint density at radius 2 is 1.68 bits per heavy atom. The number of halogens is 1. The zero-order chi connectivity index (χ0) is 20.4. The highest BCUT2D eigenvalue weighted by atomic mass is 19.1. The molecule has 2 aromatic carbocycles. The first-order valence-corrected chi connectivity index (χ1v) is 10.4. The Kier molecular flexibility index (Phi) is 8.67. The Morgan fingerprint density at radius 3 is 2.21 bits per heavy atom. The lowest BCUT2D eigenvalue weighted by atomic mass is 10.0. The van der Waals surface area contributed by atoms with E-state index in [2.05, 4.69) is 61.2 Å². The minimum Gasteiger partial charge on any atom is -0.296 e. The summed E-state index contributed by atoms with van der Waals surface area (Å²) in [4.78, 5) is 2.57. The van der Waals surface area contributed by atoms with Crippen molar-refractivity contribution >= 4 is 0 Å². The van der Waals surface area contributed by atoms with Crippen molar-refractivity contribution in [1.82, 2.24) is 4.90 Å². The summed E-state index contributed by atoms with van der Waals surface area (Å²) < 4.78 is 14.1. The average molecular weight is 381 g/mol. The third-order valence-corrected chi connectivity index (χ3v) is 5.37. The van der Waals surface area contributed by atoms with E-state index in [4.69, 9.17) is 5.26 Å². The largest absolute Gasteiger partial charge is 0.296 e.